The number of hydrogen-bond acceptors (Lipinski definition) is 1. The summed E-state index contributed by atoms with van der Waals surface area (Å²) in [5.74, 6) is 0.314. The van der Waals surface area contributed by atoms with E-state index in [1.54, 1.807) is 6.08 Å². The normalized spacial score (nSPS) is 30.0. The van der Waals surface area contributed by atoms with E-state index >= 15 is 0 Å². The Morgan fingerprint density at radius 3 is 2.50 bits per heavy atom. The third-order valence-corrected chi connectivity index (χ3v) is 4.35. The fourth-order valence-electron chi connectivity index (χ4n) is 3.03. The molecule has 3 rings (SSSR count). The Bertz CT molecular complexity index is 496. The first kappa shape index (κ1) is 9.83. The molecule has 0 N–H and O–H groups in total. The minimum atomic E-state index is -0.115. The summed E-state index contributed by atoms with van der Waals surface area (Å²) in [5, 5.41) is 0. The molecule has 0 saturated heterocycles. The van der Waals surface area contributed by atoms with Gasteiger partial charge in [-0.3, -0.25) is 4.79 Å². The van der Waals surface area contributed by atoms with Crippen LogP contribution in [0.1, 0.15) is 31.4 Å². The van der Waals surface area contributed by atoms with Gasteiger partial charge < -0.3 is 0 Å². The van der Waals surface area contributed by atoms with E-state index in [2.05, 4.69) is 32.0 Å². The molecular formula is C15H16O. The van der Waals surface area contributed by atoms with Gasteiger partial charge in [0, 0.05) is 5.41 Å². The molecule has 1 unspecified atom stereocenters. The zero-order valence-electron chi connectivity index (χ0n) is 9.79. The highest BCUT2D eigenvalue weighted by atomic mass is 16.1. The van der Waals surface area contributed by atoms with Crippen molar-refractivity contribution in [1.82, 2.24) is 0 Å². The number of benzene rings is 1. The summed E-state index contributed by atoms with van der Waals surface area (Å²) in [7, 11) is 0. The topological polar surface area (TPSA) is 17.1 Å². The van der Waals surface area contributed by atoms with Gasteiger partial charge in [-0.1, -0.05) is 44.2 Å². The van der Waals surface area contributed by atoms with E-state index in [1.807, 2.05) is 12.1 Å². The predicted molar refractivity (Wildman–Crippen MR) is 65.0 cm³/mol. The SMILES string of the molecule is CC1(C)CC12Cc1ccccc1C=CC2=O. The molecule has 1 atom stereocenters. The second-order valence-corrected chi connectivity index (χ2v) is 5.72. The van der Waals surface area contributed by atoms with E-state index in [4.69, 9.17) is 0 Å². The Kier molecular flexibility index (Phi) is 1.75. The first-order valence-electron chi connectivity index (χ1n) is 5.86. The lowest BCUT2D eigenvalue weighted by Gasteiger charge is -2.16. The first-order valence-corrected chi connectivity index (χ1v) is 5.86. The van der Waals surface area contributed by atoms with Gasteiger partial charge in [-0.25, -0.2) is 0 Å². The van der Waals surface area contributed by atoms with Crippen molar-refractivity contribution in [2.75, 3.05) is 0 Å². The maximum absolute atomic E-state index is 12.2. The third-order valence-electron chi connectivity index (χ3n) is 4.35. The summed E-state index contributed by atoms with van der Waals surface area (Å²) in [4.78, 5) is 12.2. The molecule has 0 bridgehead atoms. The Hall–Kier alpha value is -1.37. The van der Waals surface area contributed by atoms with E-state index in [0.29, 0.717) is 5.78 Å². The number of ketones is 1. The summed E-state index contributed by atoms with van der Waals surface area (Å²) in [5.41, 5.74) is 2.58. The van der Waals surface area contributed by atoms with Crippen LogP contribution in [0.25, 0.3) is 6.08 Å². The average molecular weight is 212 g/mol. The van der Waals surface area contributed by atoms with Crippen molar-refractivity contribution in [3.8, 4) is 0 Å². The first-order chi connectivity index (χ1) is 7.55. The molecule has 1 nitrogen and oxygen atoms in total. The maximum Gasteiger partial charge on any atom is 0.162 e. The average Bonchev–Trinajstić information content (AvgIpc) is 2.83. The predicted octanol–water partition coefficient (Wildman–Crippen LogP) is 3.24. The lowest BCUT2D eigenvalue weighted by molar-refractivity contribution is -0.120. The van der Waals surface area contributed by atoms with Crippen molar-refractivity contribution >= 4 is 11.9 Å². The van der Waals surface area contributed by atoms with E-state index < -0.39 is 0 Å². The van der Waals surface area contributed by atoms with E-state index in [9.17, 15) is 4.79 Å². The Morgan fingerprint density at radius 2 is 1.81 bits per heavy atom. The second kappa shape index (κ2) is 2.85. The lowest BCUT2D eigenvalue weighted by Crippen LogP contribution is -2.21. The standard InChI is InChI=1S/C15H16O/c1-14(2)10-15(14)9-12-6-4-3-5-11(12)7-8-13(15)16/h3-8H,9-10H2,1-2H3. The smallest absolute Gasteiger partial charge is 0.162 e. The summed E-state index contributed by atoms with van der Waals surface area (Å²) < 4.78 is 0. The van der Waals surface area contributed by atoms with E-state index in [0.717, 1.165) is 12.8 Å². The maximum atomic E-state index is 12.2. The quantitative estimate of drug-likeness (QED) is 0.645. The summed E-state index contributed by atoms with van der Waals surface area (Å²) in [6, 6.07) is 8.33. The monoisotopic (exact) mass is 212 g/mol. The zero-order valence-corrected chi connectivity index (χ0v) is 9.79. The molecular weight excluding hydrogens is 196 g/mol. The number of carbonyl (C=O) groups excluding carboxylic acids is 1. The molecule has 2 aliphatic rings. The molecule has 1 saturated carbocycles. The van der Waals surface area contributed by atoms with Gasteiger partial charge in [0.15, 0.2) is 5.78 Å². The highest BCUT2D eigenvalue weighted by Crippen LogP contribution is 2.66. The number of hydrogen-bond donors (Lipinski definition) is 0. The van der Waals surface area contributed by atoms with Crippen LogP contribution in [-0.4, -0.2) is 5.78 Å². The lowest BCUT2D eigenvalue weighted by atomic mass is 9.85. The molecule has 2 aliphatic carbocycles. The van der Waals surface area contributed by atoms with E-state index in [1.165, 1.54) is 11.1 Å². The van der Waals surface area contributed by atoms with Crippen LogP contribution < -0.4 is 0 Å². The largest absolute Gasteiger partial charge is 0.294 e. The highest BCUT2D eigenvalue weighted by Gasteiger charge is 2.64. The molecule has 0 aromatic heterocycles. The molecule has 0 heterocycles. The van der Waals surface area contributed by atoms with Crippen molar-refractivity contribution in [2.45, 2.75) is 26.7 Å². The molecule has 0 aliphatic heterocycles. The third kappa shape index (κ3) is 1.14. The van der Waals surface area contributed by atoms with Crippen LogP contribution in [0, 0.1) is 10.8 Å². The van der Waals surface area contributed by atoms with Crippen molar-refractivity contribution in [3.63, 3.8) is 0 Å². The number of carbonyl (C=O) groups is 1. The minimum absolute atomic E-state index is 0.115. The summed E-state index contributed by atoms with van der Waals surface area (Å²) >= 11 is 0. The van der Waals surface area contributed by atoms with Crippen molar-refractivity contribution < 1.29 is 4.79 Å². The number of fused-ring (bicyclic) bond motifs is 1. The molecule has 1 heteroatoms. The molecule has 0 amide bonds. The van der Waals surface area contributed by atoms with Crippen molar-refractivity contribution in [1.29, 1.82) is 0 Å². The van der Waals surface area contributed by atoms with Crippen molar-refractivity contribution in [3.05, 3.63) is 41.5 Å². The van der Waals surface area contributed by atoms with Gasteiger partial charge in [0.05, 0.1) is 0 Å². The van der Waals surface area contributed by atoms with Crippen molar-refractivity contribution in [2.24, 2.45) is 10.8 Å². The van der Waals surface area contributed by atoms with Crippen LogP contribution in [0.4, 0.5) is 0 Å². The molecule has 16 heavy (non-hydrogen) atoms. The van der Waals surface area contributed by atoms with Crippen LogP contribution in [-0.2, 0) is 11.2 Å². The minimum Gasteiger partial charge on any atom is -0.294 e. The van der Waals surface area contributed by atoms with Gasteiger partial charge >= 0.3 is 0 Å². The highest BCUT2D eigenvalue weighted by molar-refractivity contribution is 6.02. The molecule has 82 valence electrons. The van der Waals surface area contributed by atoms with Gasteiger partial charge in [0.25, 0.3) is 0 Å². The number of rotatable bonds is 0. The van der Waals surface area contributed by atoms with Gasteiger partial charge in [0.1, 0.15) is 0 Å². The van der Waals surface area contributed by atoms with Gasteiger partial charge in [0.2, 0.25) is 0 Å². The Balaban J connectivity index is 2.10. The molecule has 1 spiro atoms. The van der Waals surface area contributed by atoms with Gasteiger partial charge in [-0.05, 0) is 35.5 Å². The van der Waals surface area contributed by atoms with Crippen LogP contribution >= 0.6 is 0 Å². The molecule has 0 radical (unpaired) electrons. The second-order valence-electron chi connectivity index (χ2n) is 5.72. The molecule has 1 aromatic rings. The number of allylic oxidation sites excluding steroid dienone is 1. The van der Waals surface area contributed by atoms with E-state index in [-0.39, 0.29) is 10.8 Å². The summed E-state index contributed by atoms with van der Waals surface area (Å²) in [6.07, 6.45) is 5.68. The van der Waals surface area contributed by atoms with Crippen LogP contribution in [0.5, 0.6) is 0 Å². The van der Waals surface area contributed by atoms with Crippen LogP contribution in [0.15, 0.2) is 30.3 Å². The van der Waals surface area contributed by atoms with Crippen LogP contribution in [0.3, 0.4) is 0 Å². The van der Waals surface area contributed by atoms with Gasteiger partial charge in [-0.2, -0.15) is 0 Å². The van der Waals surface area contributed by atoms with Crippen LogP contribution in [0.2, 0.25) is 0 Å². The fourth-order valence-corrected chi connectivity index (χ4v) is 3.03. The molecule has 1 aromatic carbocycles. The zero-order chi connectivity index (χ0) is 11.4. The summed E-state index contributed by atoms with van der Waals surface area (Å²) in [6.45, 7) is 4.40. The fraction of sp³-hybridized carbons (Fsp3) is 0.400. The molecule has 1 fully saturated rings. The van der Waals surface area contributed by atoms with Gasteiger partial charge in [-0.15, -0.1) is 0 Å². The Morgan fingerprint density at radius 1 is 1.12 bits per heavy atom. The Labute approximate surface area is 96.2 Å².